The smallest absolute Gasteiger partial charge is 0.337 e. The zero-order chi connectivity index (χ0) is 14.6. The van der Waals surface area contributed by atoms with E-state index >= 15 is 0 Å². The summed E-state index contributed by atoms with van der Waals surface area (Å²) in [6, 6.07) is 0. The first-order valence-electron chi connectivity index (χ1n) is 7.97. The zero-order valence-corrected chi connectivity index (χ0v) is 12.6. The van der Waals surface area contributed by atoms with Gasteiger partial charge in [0.2, 0.25) is 0 Å². The van der Waals surface area contributed by atoms with Gasteiger partial charge in [0.1, 0.15) is 0 Å². The molecule has 0 saturated heterocycles. The number of hydrogen-bond donors (Lipinski definition) is 1. The predicted molar refractivity (Wildman–Crippen MR) is 78.0 cm³/mol. The number of aliphatic hydroxyl groups excluding tert-OH is 1. The van der Waals surface area contributed by atoms with E-state index in [-0.39, 0.29) is 5.76 Å². The predicted octanol–water partition coefficient (Wildman–Crippen LogP) is 3.68. The van der Waals surface area contributed by atoms with Crippen LogP contribution in [0.15, 0.2) is 11.8 Å². The molecule has 116 valence electrons. The summed E-state index contributed by atoms with van der Waals surface area (Å²) in [6.45, 7) is 2.78. The normalized spacial score (nSPS) is 18.0. The molecule has 0 radical (unpaired) electrons. The van der Waals surface area contributed by atoms with Gasteiger partial charge in [-0.1, -0.05) is 64.7 Å². The Labute approximate surface area is 122 Å². The highest BCUT2D eigenvalue weighted by Gasteiger charge is 2.24. The molecular weight excluding hydrogens is 256 g/mol. The van der Waals surface area contributed by atoms with E-state index in [1.807, 2.05) is 0 Å². The van der Waals surface area contributed by atoms with E-state index in [0.717, 1.165) is 12.8 Å². The van der Waals surface area contributed by atoms with Crippen molar-refractivity contribution in [2.24, 2.45) is 0 Å². The Morgan fingerprint density at radius 2 is 1.60 bits per heavy atom. The van der Waals surface area contributed by atoms with Gasteiger partial charge in [-0.15, -0.1) is 0 Å². The third-order valence-corrected chi connectivity index (χ3v) is 3.50. The number of aliphatic hydroxyl groups is 1. The zero-order valence-electron chi connectivity index (χ0n) is 12.6. The van der Waals surface area contributed by atoms with E-state index in [4.69, 9.17) is 4.74 Å². The first-order valence-corrected chi connectivity index (χ1v) is 7.97. The topological polar surface area (TPSA) is 55.8 Å². The van der Waals surface area contributed by atoms with E-state index < -0.39 is 12.3 Å². The standard InChI is InChI=1S/C16H28O4/c1-2-3-4-5-6-7-8-9-10-11-12-19-14-13-15(17)20-16(14)18/h13,16,18H,2-12H2,1H3. The molecule has 0 amide bonds. The summed E-state index contributed by atoms with van der Waals surface area (Å²) in [4.78, 5) is 10.8. The maximum Gasteiger partial charge on any atom is 0.337 e. The van der Waals surface area contributed by atoms with Gasteiger partial charge in [0.05, 0.1) is 12.7 Å². The van der Waals surface area contributed by atoms with Crippen molar-refractivity contribution in [1.29, 1.82) is 0 Å². The van der Waals surface area contributed by atoms with Gasteiger partial charge in [-0.2, -0.15) is 0 Å². The number of unbranched alkanes of at least 4 members (excludes halogenated alkanes) is 9. The molecule has 20 heavy (non-hydrogen) atoms. The molecule has 0 fully saturated rings. The molecule has 0 saturated carbocycles. The van der Waals surface area contributed by atoms with Crippen LogP contribution in [0.4, 0.5) is 0 Å². The molecule has 0 aromatic rings. The first-order chi connectivity index (χ1) is 9.74. The molecule has 0 aromatic carbocycles. The van der Waals surface area contributed by atoms with Gasteiger partial charge in [-0.25, -0.2) is 4.79 Å². The summed E-state index contributed by atoms with van der Waals surface area (Å²) in [5.41, 5.74) is 0. The minimum atomic E-state index is -1.20. The highest BCUT2D eigenvalue weighted by atomic mass is 16.7. The molecule has 1 unspecified atom stereocenters. The van der Waals surface area contributed by atoms with Gasteiger partial charge >= 0.3 is 5.97 Å². The second kappa shape index (κ2) is 10.7. The van der Waals surface area contributed by atoms with Gasteiger partial charge in [0.15, 0.2) is 5.76 Å². The van der Waals surface area contributed by atoms with E-state index in [1.54, 1.807) is 0 Å². The van der Waals surface area contributed by atoms with E-state index in [0.29, 0.717) is 6.61 Å². The number of rotatable bonds is 12. The lowest BCUT2D eigenvalue weighted by molar-refractivity contribution is -0.154. The quantitative estimate of drug-likeness (QED) is 0.439. The monoisotopic (exact) mass is 284 g/mol. The van der Waals surface area contributed by atoms with Gasteiger partial charge in [0.25, 0.3) is 6.29 Å². The lowest BCUT2D eigenvalue weighted by Crippen LogP contribution is -2.12. The van der Waals surface area contributed by atoms with Gasteiger partial charge in [0, 0.05) is 0 Å². The second-order valence-electron chi connectivity index (χ2n) is 5.37. The van der Waals surface area contributed by atoms with Crippen LogP contribution in [0, 0.1) is 0 Å². The van der Waals surface area contributed by atoms with Crippen LogP contribution in [0.5, 0.6) is 0 Å². The molecule has 0 spiro atoms. The number of esters is 1. The van der Waals surface area contributed by atoms with Crippen LogP contribution in [0.3, 0.4) is 0 Å². The largest absolute Gasteiger partial charge is 0.491 e. The van der Waals surface area contributed by atoms with Crippen LogP contribution in [-0.4, -0.2) is 24.0 Å². The number of hydrogen-bond acceptors (Lipinski definition) is 4. The number of carbonyl (C=O) groups is 1. The summed E-state index contributed by atoms with van der Waals surface area (Å²) >= 11 is 0. The summed E-state index contributed by atoms with van der Waals surface area (Å²) in [5, 5.41) is 9.28. The minimum Gasteiger partial charge on any atom is -0.491 e. The third-order valence-electron chi connectivity index (χ3n) is 3.50. The van der Waals surface area contributed by atoms with Gasteiger partial charge < -0.3 is 14.6 Å². The molecule has 4 heteroatoms. The summed E-state index contributed by atoms with van der Waals surface area (Å²) in [6.07, 6.45) is 12.7. The first kappa shape index (κ1) is 17.0. The van der Waals surface area contributed by atoms with Gasteiger partial charge in [-0.3, -0.25) is 0 Å². The van der Waals surface area contributed by atoms with Crippen molar-refractivity contribution in [3.05, 3.63) is 11.8 Å². The minimum absolute atomic E-state index is 0.242. The Balaban J connectivity index is 1.83. The second-order valence-corrected chi connectivity index (χ2v) is 5.37. The fourth-order valence-electron chi connectivity index (χ4n) is 2.28. The van der Waals surface area contributed by atoms with Crippen LogP contribution < -0.4 is 0 Å². The molecule has 1 atom stereocenters. The van der Waals surface area contributed by atoms with Crippen LogP contribution in [0.2, 0.25) is 0 Å². The van der Waals surface area contributed by atoms with E-state index in [1.165, 1.54) is 57.4 Å². The average Bonchev–Trinajstić information content (AvgIpc) is 2.74. The Bertz CT molecular complexity index is 299. The highest BCUT2D eigenvalue weighted by Crippen LogP contribution is 2.15. The average molecular weight is 284 g/mol. The fraction of sp³-hybridized carbons (Fsp3) is 0.812. The maximum absolute atomic E-state index is 10.8. The molecule has 1 rings (SSSR count). The number of ether oxygens (including phenoxy) is 2. The molecule has 0 aliphatic carbocycles. The van der Waals surface area contributed by atoms with E-state index in [2.05, 4.69) is 11.7 Å². The van der Waals surface area contributed by atoms with E-state index in [9.17, 15) is 9.90 Å². The molecule has 4 nitrogen and oxygen atoms in total. The highest BCUT2D eigenvalue weighted by molar-refractivity contribution is 5.85. The molecular formula is C16H28O4. The maximum atomic E-state index is 10.8. The van der Waals surface area contributed by atoms with Crippen molar-refractivity contribution in [3.63, 3.8) is 0 Å². The third kappa shape index (κ3) is 7.53. The summed E-state index contributed by atoms with van der Waals surface area (Å²) in [7, 11) is 0. The molecule has 0 bridgehead atoms. The fourth-order valence-corrected chi connectivity index (χ4v) is 2.28. The van der Waals surface area contributed by atoms with Crippen molar-refractivity contribution < 1.29 is 19.4 Å². The van der Waals surface area contributed by atoms with Crippen LogP contribution in [-0.2, 0) is 14.3 Å². The Hall–Kier alpha value is -1.03. The van der Waals surface area contributed by atoms with Crippen molar-refractivity contribution in [3.8, 4) is 0 Å². The SMILES string of the molecule is CCCCCCCCCCCCOC1=CC(=O)OC1O. The molecule has 1 N–H and O–H groups in total. The molecule has 1 aliphatic heterocycles. The summed E-state index contributed by atoms with van der Waals surface area (Å²) < 4.78 is 9.85. The van der Waals surface area contributed by atoms with Gasteiger partial charge in [-0.05, 0) is 6.42 Å². The van der Waals surface area contributed by atoms with Crippen LogP contribution >= 0.6 is 0 Å². The molecule has 1 aliphatic rings. The van der Waals surface area contributed by atoms with Crippen molar-refractivity contribution in [2.45, 2.75) is 77.4 Å². The number of cyclic esters (lactones) is 1. The molecule has 0 aromatic heterocycles. The Morgan fingerprint density at radius 3 is 2.10 bits per heavy atom. The molecule has 1 heterocycles. The number of carbonyl (C=O) groups excluding carboxylic acids is 1. The Morgan fingerprint density at radius 1 is 1.05 bits per heavy atom. The van der Waals surface area contributed by atoms with Crippen LogP contribution in [0.25, 0.3) is 0 Å². The van der Waals surface area contributed by atoms with Crippen LogP contribution in [0.1, 0.15) is 71.1 Å². The lowest BCUT2D eigenvalue weighted by atomic mass is 10.1. The van der Waals surface area contributed by atoms with Crippen molar-refractivity contribution in [1.82, 2.24) is 0 Å². The van der Waals surface area contributed by atoms with Crippen molar-refractivity contribution in [2.75, 3.05) is 6.61 Å². The van der Waals surface area contributed by atoms with Crippen molar-refractivity contribution >= 4 is 5.97 Å². The Kier molecular flexibility index (Phi) is 9.13. The summed E-state index contributed by atoms with van der Waals surface area (Å²) in [5.74, 6) is -0.290. The lowest BCUT2D eigenvalue weighted by Gasteiger charge is -2.09.